The van der Waals surface area contributed by atoms with Crippen LogP contribution >= 0.6 is 11.6 Å². The van der Waals surface area contributed by atoms with Crippen LogP contribution in [0, 0.1) is 0 Å². The van der Waals surface area contributed by atoms with Crippen LogP contribution in [0.1, 0.15) is 17.9 Å². The van der Waals surface area contributed by atoms with Crippen molar-refractivity contribution in [2.45, 2.75) is 12.3 Å². The first-order chi connectivity index (χ1) is 10.2. The number of nitrogens with one attached hydrogen (secondary N) is 2. The number of anilines is 1. The summed E-state index contributed by atoms with van der Waals surface area (Å²) in [7, 11) is 1.87. The van der Waals surface area contributed by atoms with Crippen molar-refractivity contribution in [3.8, 4) is 0 Å². The zero-order chi connectivity index (χ0) is 15.1. The van der Waals surface area contributed by atoms with Gasteiger partial charge in [0.15, 0.2) is 0 Å². The lowest BCUT2D eigenvalue weighted by molar-refractivity contribution is -0.117. The topological polar surface area (TPSA) is 54.0 Å². The summed E-state index contributed by atoms with van der Waals surface area (Å²) in [4.78, 5) is 16.5. The molecule has 1 amide bonds. The van der Waals surface area contributed by atoms with E-state index in [1.54, 1.807) is 24.5 Å². The predicted molar refractivity (Wildman–Crippen MR) is 85.6 cm³/mol. The van der Waals surface area contributed by atoms with Gasteiger partial charge in [0.2, 0.25) is 5.91 Å². The normalized spacial score (nSPS) is 11.9. The highest BCUT2D eigenvalue weighted by atomic mass is 35.5. The molecule has 1 atom stereocenters. The first-order valence-electron chi connectivity index (χ1n) is 6.81. The fourth-order valence-corrected chi connectivity index (χ4v) is 2.33. The van der Waals surface area contributed by atoms with Crippen LogP contribution < -0.4 is 10.6 Å². The molecule has 1 unspecified atom stereocenters. The Morgan fingerprint density at radius 3 is 2.86 bits per heavy atom. The van der Waals surface area contributed by atoms with Crippen molar-refractivity contribution >= 4 is 23.2 Å². The second-order valence-electron chi connectivity index (χ2n) is 4.73. The molecular weight excluding hydrogens is 286 g/mol. The summed E-state index contributed by atoms with van der Waals surface area (Å²) >= 11 is 6.03. The monoisotopic (exact) mass is 303 g/mol. The average molecular weight is 304 g/mol. The van der Waals surface area contributed by atoms with Gasteiger partial charge in [-0.05, 0) is 49.8 Å². The van der Waals surface area contributed by atoms with Crippen molar-refractivity contribution in [3.05, 3.63) is 59.4 Å². The third-order valence-corrected chi connectivity index (χ3v) is 3.41. The van der Waals surface area contributed by atoms with Gasteiger partial charge in [-0.25, -0.2) is 0 Å². The Bertz CT molecular complexity index is 589. The number of pyridine rings is 1. The number of aromatic nitrogens is 1. The van der Waals surface area contributed by atoms with Crippen LogP contribution in [0.25, 0.3) is 0 Å². The van der Waals surface area contributed by atoms with Crippen LogP contribution in [0.2, 0.25) is 5.02 Å². The van der Waals surface area contributed by atoms with E-state index in [9.17, 15) is 4.79 Å². The second-order valence-corrected chi connectivity index (χ2v) is 5.17. The number of hydrogen-bond donors (Lipinski definition) is 2. The third kappa shape index (κ3) is 4.55. The van der Waals surface area contributed by atoms with Crippen molar-refractivity contribution in [2.24, 2.45) is 0 Å². The Morgan fingerprint density at radius 1 is 1.33 bits per heavy atom. The first-order valence-corrected chi connectivity index (χ1v) is 7.19. The molecule has 1 aromatic heterocycles. The maximum atomic E-state index is 12.5. The SMILES string of the molecule is CNCCC(C(=O)Nc1cccnc1)c1cccc(Cl)c1. The van der Waals surface area contributed by atoms with Gasteiger partial charge in [-0.1, -0.05) is 23.7 Å². The van der Waals surface area contributed by atoms with E-state index in [-0.39, 0.29) is 11.8 Å². The minimum Gasteiger partial charge on any atom is -0.324 e. The van der Waals surface area contributed by atoms with Gasteiger partial charge in [-0.3, -0.25) is 9.78 Å². The van der Waals surface area contributed by atoms with E-state index in [0.29, 0.717) is 17.1 Å². The smallest absolute Gasteiger partial charge is 0.232 e. The number of carbonyl (C=O) groups excluding carboxylic acids is 1. The number of carbonyl (C=O) groups is 1. The van der Waals surface area contributed by atoms with Crippen LogP contribution in [0.3, 0.4) is 0 Å². The summed E-state index contributed by atoms with van der Waals surface area (Å²) in [5.41, 5.74) is 1.61. The van der Waals surface area contributed by atoms with Crippen LogP contribution in [0.5, 0.6) is 0 Å². The van der Waals surface area contributed by atoms with E-state index in [1.165, 1.54) is 0 Å². The molecule has 0 saturated carbocycles. The van der Waals surface area contributed by atoms with Gasteiger partial charge in [0.05, 0.1) is 17.8 Å². The Kier molecular flexibility index (Phi) is 5.72. The van der Waals surface area contributed by atoms with Crippen molar-refractivity contribution < 1.29 is 4.79 Å². The van der Waals surface area contributed by atoms with Crippen LogP contribution in [0.15, 0.2) is 48.8 Å². The molecule has 5 heteroatoms. The van der Waals surface area contributed by atoms with Crippen LogP contribution in [-0.4, -0.2) is 24.5 Å². The highest BCUT2D eigenvalue weighted by Gasteiger charge is 2.20. The summed E-state index contributed by atoms with van der Waals surface area (Å²) in [6.45, 7) is 0.748. The van der Waals surface area contributed by atoms with Gasteiger partial charge in [-0.15, -0.1) is 0 Å². The second kappa shape index (κ2) is 7.76. The van der Waals surface area contributed by atoms with Gasteiger partial charge >= 0.3 is 0 Å². The van der Waals surface area contributed by atoms with Crippen molar-refractivity contribution in [2.75, 3.05) is 18.9 Å². The maximum absolute atomic E-state index is 12.5. The summed E-state index contributed by atoms with van der Waals surface area (Å²) in [5, 5.41) is 6.61. The molecule has 0 saturated heterocycles. The van der Waals surface area contributed by atoms with Gasteiger partial charge in [0.25, 0.3) is 0 Å². The number of amides is 1. The summed E-state index contributed by atoms with van der Waals surface area (Å²) in [6, 6.07) is 11.0. The number of hydrogen-bond acceptors (Lipinski definition) is 3. The lowest BCUT2D eigenvalue weighted by atomic mass is 9.94. The lowest BCUT2D eigenvalue weighted by Gasteiger charge is -2.17. The molecule has 0 radical (unpaired) electrons. The molecule has 110 valence electrons. The average Bonchev–Trinajstić information content (AvgIpc) is 2.49. The molecule has 2 aromatic rings. The van der Waals surface area contributed by atoms with E-state index in [4.69, 9.17) is 11.6 Å². The number of rotatable bonds is 6. The largest absolute Gasteiger partial charge is 0.324 e. The highest BCUT2D eigenvalue weighted by Crippen LogP contribution is 2.24. The van der Waals surface area contributed by atoms with E-state index in [2.05, 4.69) is 15.6 Å². The Morgan fingerprint density at radius 2 is 2.19 bits per heavy atom. The van der Waals surface area contributed by atoms with E-state index in [0.717, 1.165) is 12.1 Å². The zero-order valence-corrected chi connectivity index (χ0v) is 12.6. The van der Waals surface area contributed by atoms with Gasteiger partial charge in [0.1, 0.15) is 0 Å². The quantitative estimate of drug-likeness (QED) is 0.862. The third-order valence-electron chi connectivity index (χ3n) is 3.18. The molecule has 21 heavy (non-hydrogen) atoms. The standard InChI is InChI=1S/C16H18ClN3O/c1-18-9-7-15(12-4-2-5-13(17)10-12)16(21)20-14-6-3-8-19-11-14/h2-6,8,10-11,15,18H,7,9H2,1H3,(H,20,21). The predicted octanol–water partition coefficient (Wildman–Crippen LogP) is 3.07. The Labute approximate surface area is 129 Å². The van der Waals surface area contributed by atoms with E-state index < -0.39 is 0 Å². The molecule has 2 N–H and O–H groups in total. The molecule has 2 rings (SSSR count). The fourth-order valence-electron chi connectivity index (χ4n) is 2.13. The maximum Gasteiger partial charge on any atom is 0.232 e. The number of halogens is 1. The van der Waals surface area contributed by atoms with E-state index in [1.807, 2.05) is 31.3 Å². The first kappa shape index (κ1) is 15.5. The summed E-state index contributed by atoms with van der Waals surface area (Å²) in [5.74, 6) is -0.308. The molecule has 0 aliphatic rings. The molecule has 0 aliphatic carbocycles. The fraction of sp³-hybridized carbons (Fsp3) is 0.250. The van der Waals surface area contributed by atoms with E-state index >= 15 is 0 Å². The van der Waals surface area contributed by atoms with Crippen molar-refractivity contribution in [1.29, 1.82) is 0 Å². The molecule has 1 aromatic carbocycles. The molecule has 1 heterocycles. The summed E-state index contributed by atoms with van der Waals surface area (Å²) < 4.78 is 0. The molecule has 0 aliphatic heterocycles. The lowest BCUT2D eigenvalue weighted by Crippen LogP contribution is -2.24. The zero-order valence-electron chi connectivity index (χ0n) is 11.8. The molecule has 4 nitrogen and oxygen atoms in total. The van der Waals surface area contributed by atoms with Crippen molar-refractivity contribution in [3.63, 3.8) is 0 Å². The Hall–Kier alpha value is -1.91. The van der Waals surface area contributed by atoms with Gasteiger partial charge in [0, 0.05) is 11.2 Å². The van der Waals surface area contributed by atoms with Crippen LogP contribution in [0.4, 0.5) is 5.69 Å². The van der Waals surface area contributed by atoms with Crippen molar-refractivity contribution in [1.82, 2.24) is 10.3 Å². The number of benzene rings is 1. The summed E-state index contributed by atoms with van der Waals surface area (Å²) in [6.07, 6.45) is 4.00. The van der Waals surface area contributed by atoms with Gasteiger partial charge in [-0.2, -0.15) is 0 Å². The van der Waals surface area contributed by atoms with Gasteiger partial charge < -0.3 is 10.6 Å². The minimum atomic E-state index is -0.253. The molecule has 0 fully saturated rings. The molecular formula is C16H18ClN3O. The highest BCUT2D eigenvalue weighted by molar-refractivity contribution is 6.30. The molecule has 0 bridgehead atoms. The Balaban J connectivity index is 2.17. The number of nitrogens with zero attached hydrogens (tertiary/aromatic N) is 1. The minimum absolute atomic E-state index is 0.0551. The molecule has 0 spiro atoms. The van der Waals surface area contributed by atoms with Crippen LogP contribution in [-0.2, 0) is 4.79 Å².